The van der Waals surface area contributed by atoms with Crippen molar-refractivity contribution in [2.75, 3.05) is 0 Å². The molecule has 0 atom stereocenters. The van der Waals surface area contributed by atoms with Gasteiger partial charge in [-0.1, -0.05) is 30.7 Å². The van der Waals surface area contributed by atoms with Crippen LogP contribution in [-0.4, -0.2) is 9.78 Å². The van der Waals surface area contributed by atoms with Gasteiger partial charge in [0.2, 0.25) is 0 Å². The van der Waals surface area contributed by atoms with Gasteiger partial charge < -0.3 is 0 Å². The molecule has 1 heterocycles. The molecule has 1 aromatic carbocycles. The van der Waals surface area contributed by atoms with Crippen molar-refractivity contribution < 1.29 is 0 Å². The van der Waals surface area contributed by atoms with Gasteiger partial charge in [-0.15, -0.1) is 0 Å². The minimum atomic E-state index is 0.755. The van der Waals surface area contributed by atoms with E-state index in [1.165, 1.54) is 5.69 Å². The fourth-order valence-corrected chi connectivity index (χ4v) is 1.72. The van der Waals surface area contributed by atoms with Gasteiger partial charge in [-0.2, -0.15) is 5.10 Å². The molecule has 0 unspecified atom stereocenters. The highest BCUT2D eigenvalue weighted by molar-refractivity contribution is 6.30. The normalized spacial score (nSPS) is 10.6. The van der Waals surface area contributed by atoms with E-state index in [1.807, 2.05) is 36.0 Å². The van der Waals surface area contributed by atoms with Crippen LogP contribution in [0.25, 0.3) is 11.3 Å². The van der Waals surface area contributed by atoms with Crippen LogP contribution in [0.5, 0.6) is 0 Å². The summed E-state index contributed by atoms with van der Waals surface area (Å²) >= 11 is 5.84. The predicted molar refractivity (Wildman–Crippen MR) is 63.0 cm³/mol. The second-order valence-electron chi connectivity index (χ2n) is 3.50. The second-order valence-corrected chi connectivity index (χ2v) is 3.94. The molecular formula is C12H13ClN2. The van der Waals surface area contributed by atoms with Crippen LogP contribution >= 0.6 is 11.6 Å². The maximum atomic E-state index is 5.84. The third-order valence-electron chi connectivity index (χ3n) is 2.48. The summed E-state index contributed by atoms with van der Waals surface area (Å²) in [5.41, 5.74) is 3.35. The number of hydrogen-bond donors (Lipinski definition) is 0. The third kappa shape index (κ3) is 2.05. The molecule has 3 heteroatoms. The fraction of sp³-hybridized carbons (Fsp3) is 0.250. The minimum Gasteiger partial charge on any atom is -0.272 e. The van der Waals surface area contributed by atoms with Gasteiger partial charge in [0.05, 0.1) is 5.69 Å². The molecular weight excluding hydrogens is 208 g/mol. The number of benzene rings is 1. The molecule has 2 rings (SSSR count). The first-order chi connectivity index (χ1) is 7.20. The molecule has 0 radical (unpaired) electrons. The van der Waals surface area contributed by atoms with Crippen LogP contribution in [0.4, 0.5) is 0 Å². The average molecular weight is 221 g/mol. The Balaban J connectivity index is 2.41. The lowest BCUT2D eigenvalue weighted by Gasteiger charge is -1.95. The highest BCUT2D eigenvalue weighted by Gasteiger charge is 2.05. The summed E-state index contributed by atoms with van der Waals surface area (Å²) in [6.45, 7) is 2.13. The molecule has 0 amide bonds. The van der Waals surface area contributed by atoms with E-state index in [-0.39, 0.29) is 0 Å². The van der Waals surface area contributed by atoms with E-state index in [9.17, 15) is 0 Å². The Bertz CT molecular complexity index is 457. The first-order valence-electron chi connectivity index (χ1n) is 4.99. The van der Waals surface area contributed by atoms with Crippen LogP contribution in [0.2, 0.25) is 5.02 Å². The van der Waals surface area contributed by atoms with Crippen molar-refractivity contribution in [1.29, 1.82) is 0 Å². The highest BCUT2D eigenvalue weighted by Crippen LogP contribution is 2.21. The number of aryl methyl sites for hydroxylation is 2. The van der Waals surface area contributed by atoms with Gasteiger partial charge in [0.1, 0.15) is 0 Å². The monoisotopic (exact) mass is 220 g/mol. The Kier molecular flexibility index (Phi) is 2.78. The largest absolute Gasteiger partial charge is 0.272 e. The van der Waals surface area contributed by atoms with Crippen LogP contribution in [0.1, 0.15) is 12.6 Å². The summed E-state index contributed by atoms with van der Waals surface area (Å²) < 4.78 is 1.92. The molecule has 0 N–H and O–H groups in total. The Hall–Kier alpha value is -1.28. The Morgan fingerprint density at radius 1 is 1.27 bits per heavy atom. The van der Waals surface area contributed by atoms with Gasteiger partial charge >= 0.3 is 0 Å². The first-order valence-corrected chi connectivity index (χ1v) is 5.37. The van der Waals surface area contributed by atoms with E-state index >= 15 is 0 Å². The van der Waals surface area contributed by atoms with Crippen molar-refractivity contribution in [2.45, 2.75) is 13.3 Å². The molecule has 0 aliphatic heterocycles. The smallest absolute Gasteiger partial charge is 0.0925 e. The maximum Gasteiger partial charge on any atom is 0.0925 e. The zero-order valence-electron chi connectivity index (χ0n) is 8.87. The zero-order valence-corrected chi connectivity index (χ0v) is 9.62. The number of rotatable bonds is 2. The van der Waals surface area contributed by atoms with E-state index in [1.54, 1.807) is 0 Å². The van der Waals surface area contributed by atoms with E-state index in [0.29, 0.717) is 0 Å². The van der Waals surface area contributed by atoms with Crippen molar-refractivity contribution in [3.05, 3.63) is 41.0 Å². The molecule has 15 heavy (non-hydrogen) atoms. The van der Waals surface area contributed by atoms with Gasteiger partial charge in [-0.05, 0) is 24.6 Å². The second kappa shape index (κ2) is 4.07. The minimum absolute atomic E-state index is 0.755. The number of aromatic nitrogens is 2. The summed E-state index contributed by atoms with van der Waals surface area (Å²) in [4.78, 5) is 0. The lowest BCUT2D eigenvalue weighted by molar-refractivity contribution is 0.720. The van der Waals surface area contributed by atoms with E-state index in [4.69, 9.17) is 11.6 Å². The maximum absolute atomic E-state index is 5.84. The van der Waals surface area contributed by atoms with Crippen molar-refractivity contribution in [3.8, 4) is 11.3 Å². The van der Waals surface area contributed by atoms with E-state index < -0.39 is 0 Å². The van der Waals surface area contributed by atoms with Gasteiger partial charge in [-0.25, -0.2) is 0 Å². The van der Waals surface area contributed by atoms with E-state index in [0.717, 1.165) is 22.7 Å². The van der Waals surface area contributed by atoms with Crippen molar-refractivity contribution in [3.63, 3.8) is 0 Å². The Morgan fingerprint density at radius 3 is 2.47 bits per heavy atom. The number of hydrogen-bond acceptors (Lipinski definition) is 1. The Labute approximate surface area is 94.5 Å². The molecule has 0 saturated carbocycles. The summed E-state index contributed by atoms with van der Waals surface area (Å²) in [5.74, 6) is 0. The molecule has 0 fully saturated rings. The summed E-state index contributed by atoms with van der Waals surface area (Å²) in [7, 11) is 1.97. The van der Waals surface area contributed by atoms with Crippen LogP contribution < -0.4 is 0 Å². The van der Waals surface area contributed by atoms with Gasteiger partial charge in [0, 0.05) is 23.3 Å². The van der Waals surface area contributed by atoms with E-state index in [2.05, 4.69) is 18.1 Å². The molecule has 0 spiro atoms. The first kappa shape index (κ1) is 10.2. The third-order valence-corrected chi connectivity index (χ3v) is 2.73. The van der Waals surface area contributed by atoms with Gasteiger partial charge in [0.15, 0.2) is 0 Å². The topological polar surface area (TPSA) is 17.8 Å². The van der Waals surface area contributed by atoms with Crippen molar-refractivity contribution in [1.82, 2.24) is 9.78 Å². The van der Waals surface area contributed by atoms with Crippen LogP contribution in [-0.2, 0) is 13.5 Å². The summed E-state index contributed by atoms with van der Waals surface area (Å²) in [6, 6.07) is 9.87. The molecule has 0 bridgehead atoms. The van der Waals surface area contributed by atoms with Crippen molar-refractivity contribution >= 4 is 11.6 Å². The zero-order chi connectivity index (χ0) is 10.8. The van der Waals surface area contributed by atoms with Crippen LogP contribution in [0, 0.1) is 0 Å². The summed E-state index contributed by atoms with van der Waals surface area (Å²) in [5, 5.41) is 5.21. The molecule has 2 aromatic rings. The number of nitrogens with zero attached hydrogens (tertiary/aromatic N) is 2. The van der Waals surface area contributed by atoms with Crippen molar-refractivity contribution in [2.24, 2.45) is 7.05 Å². The lowest BCUT2D eigenvalue weighted by atomic mass is 10.1. The highest BCUT2D eigenvalue weighted by atomic mass is 35.5. The van der Waals surface area contributed by atoms with Gasteiger partial charge in [-0.3, -0.25) is 4.68 Å². The number of halogens is 1. The molecule has 0 saturated heterocycles. The Morgan fingerprint density at radius 2 is 1.93 bits per heavy atom. The predicted octanol–water partition coefficient (Wildman–Crippen LogP) is 3.30. The molecule has 2 nitrogen and oxygen atoms in total. The van der Waals surface area contributed by atoms with Crippen LogP contribution in [0.15, 0.2) is 30.3 Å². The molecule has 0 aliphatic carbocycles. The molecule has 1 aromatic heterocycles. The average Bonchev–Trinajstić information content (AvgIpc) is 2.61. The molecule has 0 aliphatic rings. The SMILES string of the molecule is CCc1cc(-c2ccc(Cl)cc2)nn1C. The standard InChI is InChI=1S/C12H13ClN2/c1-3-11-8-12(14-15(11)2)9-4-6-10(13)7-5-9/h4-8H,3H2,1-2H3. The van der Waals surface area contributed by atoms with Crippen LogP contribution in [0.3, 0.4) is 0 Å². The fourth-order valence-electron chi connectivity index (χ4n) is 1.60. The lowest BCUT2D eigenvalue weighted by Crippen LogP contribution is -1.95. The summed E-state index contributed by atoms with van der Waals surface area (Å²) in [6.07, 6.45) is 0.997. The molecule has 78 valence electrons. The van der Waals surface area contributed by atoms with Gasteiger partial charge in [0.25, 0.3) is 0 Å². The quantitative estimate of drug-likeness (QED) is 0.760.